The Morgan fingerprint density at radius 3 is 2.47 bits per heavy atom. The smallest absolute Gasteiger partial charge is 0.192 e. The largest absolute Gasteiger partial charge is 0.507 e. The number of aryl methyl sites for hydroxylation is 2. The summed E-state index contributed by atoms with van der Waals surface area (Å²) in [4.78, 5) is 16.3. The van der Waals surface area contributed by atoms with E-state index in [-0.39, 0.29) is 11.3 Å². The number of aromatic hydroxyl groups is 1. The van der Waals surface area contributed by atoms with Crippen LogP contribution in [0.1, 0.15) is 52.5 Å². The van der Waals surface area contributed by atoms with E-state index in [0.29, 0.717) is 39.9 Å². The summed E-state index contributed by atoms with van der Waals surface area (Å²) in [5.41, 5.74) is 5.07. The van der Waals surface area contributed by atoms with Gasteiger partial charge in [-0.05, 0) is 64.4 Å². The van der Waals surface area contributed by atoms with Gasteiger partial charge < -0.3 is 19.7 Å². The molecule has 0 aliphatic carbocycles. The fourth-order valence-electron chi connectivity index (χ4n) is 4.54. The van der Waals surface area contributed by atoms with Crippen LogP contribution in [-0.2, 0) is 0 Å². The zero-order valence-corrected chi connectivity index (χ0v) is 21.2. The van der Waals surface area contributed by atoms with Crippen LogP contribution in [0.5, 0.6) is 5.75 Å². The van der Waals surface area contributed by atoms with E-state index in [1.165, 1.54) is 0 Å². The Labute approximate surface area is 201 Å². The molecule has 2 N–H and O–H groups in total. The molecule has 0 bridgehead atoms. The predicted octanol–water partition coefficient (Wildman–Crippen LogP) is 5.75. The van der Waals surface area contributed by atoms with Crippen LogP contribution >= 0.6 is 0 Å². The van der Waals surface area contributed by atoms with Crippen LogP contribution in [0.2, 0.25) is 0 Å². The van der Waals surface area contributed by atoms with Crippen molar-refractivity contribution in [2.45, 2.75) is 66.5 Å². The average molecular weight is 462 g/mol. The van der Waals surface area contributed by atoms with Gasteiger partial charge in [-0.3, -0.25) is 0 Å². The molecule has 5 rings (SSSR count). The summed E-state index contributed by atoms with van der Waals surface area (Å²) in [6.07, 6.45) is 1.11. The molecular formula is C27H35N5O2. The second kappa shape index (κ2) is 9.22. The Morgan fingerprint density at radius 1 is 1.03 bits per heavy atom. The van der Waals surface area contributed by atoms with E-state index in [1.807, 2.05) is 45.0 Å². The van der Waals surface area contributed by atoms with Gasteiger partial charge in [-0.1, -0.05) is 13.8 Å². The van der Waals surface area contributed by atoms with Gasteiger partial charge in [0.15, 0.2) is 11.5 Å². The number of phenolic OH excluding ortho intramolecular Hbond substituents is 1. The molecule has 4 heterocycles. The van der Waals surface area contributed by atoms with Gasteiger partial charge in [0.25, 0.3) is 0 Å². The van der Waals surface area contributed by atoms with Gasteiger partial charge in [0.2, 0.25) is 0 Å². The van der Waals surface area contributed by atoms with E-state index in [1.54, 1.807) is 13.0 Å². The second-order valence-electron chi connectivity index (χ2n) is 9.71. The monoisotopic (exact) mass is 461 g/mol. The summed E-state index contributed by atoms with van der Waals surface area (Å²) < 4.78 is 5.69. The van der Waals surface area contributed by atoms with Gasteiger partial charge in [0, 0.05) is 42.7 Å². The highest BCUT2D eigenvalue weighted by molar-refractivity contribution is 5.89. The number of oxazole rings is 1. The van der Waals surface area contributed by atoms with Gasteiger partial charge in [0.05, 0.1) is 16.7 Å². The number of anilines is 1. The number of rotatable bonds is 3. The lowest BCUT2D eigenvalue weighted by atomic mass is 10.0. The van der Waals surface area contributed by atoms with Gasteiger partial charge in [-0.2, -0.15) is 0 Å². The third kappa shape index (κ3) is 4.71. The van der Waals surface area contributed by atoms with Crippen LogP contribution in [0.3, 0.4) is 0 Å². The van der Waals surface area contributed by atoms with E-state index >= 15 is 0 Å². The number of hydrogen-bond acceptors (Lipinski definition) is 7. The van der Waals surface area contributed by atoms with E-state index in [0.717, 1.165) is 36.4 Å². The number of nitrogens with one attached hydrogen (secondary N) is 1. The molecule has 1 aliphatic rings. The van der Waals surface area contributed by atoms with Gasteiger partial charge in [-0.25, -0.2) is 15.0 Å². The maximum Gasteiger partial charge on any atom is 0.192 e. The molecule has 7 heteroatoms. The van der Waals surface area contributed by atoms with Crippen molar-refractivity contribution in [3.05, 3.63) is 41.8 Å². The van der Waals surface area contributed by atoms with Crippen molar-refractivity contribution in [1.29, 1.82) is 0 Å². The van der Waals surface area contributed by atoms with Crippen LogP contribution in [0.15, 0.2) is 34.7 Å². The molecule has 4 aromatic rings. The van der Waals surface area contributed by atoms with Crippen molar-refractivity contribution in [2.75, 3.05) is 18.0 Å². The first-order chi connectivity index (χ1) is 16.2. The lowest BCUT2D eigenvalue weighted by Gasteiger charge is -2.26. The van der Waals surface area contributed by atoms with Crippen molar-refractivity contribution >= 4 is 28.0 Å². The molecule has 1 aliphatic heterocycles. The maximum absolute atomic E-state index is 10.8. The highest BCUT2D eigenvalue weighted by Gasteiger charge is 2.26. The molecule has 7 nitrogen and oxygen atoms in total. The summed E-state index contributed by atoms with van der Waals surface area (Å²) >= 11 is 0. The minimum Gasteiger partial charge on any atom is -0.507 e. The zero-order chi connectivity index (χ0) is 24.6. The lowest BCUT2D eigenvalue weighted by Crippen LogP contribution is -2.44. The number of hydrogen-bond donors (Lipinski definition) is 2. The minimum absolute atomic E-state index is 0.106. The Kier molecular flexibility index (Phi) is 6.49. The highest BCUT2D eigenvalue weighted by atomic mass is 16.3. The first-order valence-corrected chi connectivity index (χ1v) is 12.1. The SMILES string of the molecule is CC.Cc1nc2c(C)c(O)c(-c3ccc4nc(N5CCC(NC(C)(C)C)C5)ccc4n3)cc2o1. The molecular weight excluding hydrogens is 426 g/mol. The number of aromatic nitrogens is 3. The zero-order valence-electron chi connectivity index (χ0n) is 21.2. The van der Waals surface area contributed by atoms with Gasteiger partial charge in [0.1, 0.15) is 17.1 Å². The summed E-state index contributed by atoms with van der Waals surface area (Å²) in [5, 5.41) is 14.5. The Balaban J connectivity index is 0.00000133. The van der Waals surface area contributed by atoms with Crippen LogP contribution < -0.4 is 10.2 Å². The van der Waals surface area contributed by atoms with E-state index < -0.39 is 0 Å². The molecule has 1 unspecified atom stereocenters. The first-order valence-electron chi connectivity index (χ1n) is 12.1. The Morgan fingerprint density at radius 2 is 1.74 bits per heavy atom. The summed E-state index contributed by atoms with van der Waals surface area (Å²) in [6.45, 7) is 16.2. The molecule has 1 atom stereocenters. The lowest BCUT2D eigenvalue weighted by molar-refractivity contribution is 0.373. The fraction of sp³-hybridized carbons (Fsp3) is 0.444. The number of pyridine rings is 2. The van der Waals surface area contributed by atoms with Crippen molar-refractivity contribution in [2.24, 2.45) is 0 Å². The standard InChI is InChI=1S/C25H29N5O2.C2H6/c1-14-23-21(32-15(2)26-23)12-17(24(14)31)18-6-7-20-19(27-18)8-9-22(28-20)30-11-10-16(13-30)29-25(3,4)5;1-2/h6-9,12,16,29,31H,10-11,13H2,1-5H3;1-2H3. The predicted molar refractivity (Wildman–Crippen MR) is 139 cm³/mol. The van der Waals surface area contributed by atoms with E-state index in [4.69, 9.17) is 14.4 Å². The second-order valence-corrected chi connectivity index (χ2v) is 9.71. The summed E-state index contributed by atoms with van der Waals surface area (Å²) in [5.74, 6) is 1.73. The topological polar surface area (TPSA) is 87.3 Å². The summed E-state index contributed by atoms with van der Waals surface area (Å²) in [6, 6.07) is 10.2. The van der Waals surface area contributed by atoms with Crippen molar-refractivity contribution in [1.82, 2.24) is 20.3 Å². The molecule has 0 saturated carbocycles. The van der Waals surface area contributed by atoms with E-state index in [2.05, 4.69) is 36.0 Å². The minimum atomic E-state index is 0.106. The average Bonchev–Trinajstić information content (AvgIpc) is 3.42. The van der Waals surface area contributed by atoms with Crippen LogP contribution in [-0.4, -0.2) is 44.7 Å². The number of benzene rings is 1. The van der Waals surface area contributed by atoms with Crippen LogP contribution in [0, 0.1) is 13.8 Å². The Bertz CT molecular complexity index is 1320. The maximum atomic E-state index is 10.8. The van der Waals surface area contributed by atoms with Gasteiger partial charge >= 0.3 is 0 Å². The molecule has 1 fully saturated rings. The van der Waals surface area contributed by atoms with E-state index in [9.17, 15) is 5.11 Å². The molecule has 0 spiro atoms. The molecule has 0 amide bonds. The molecule has 1 saturated heterocycles. The highest BCUT2D eigenvalue weighted by Crippen LogP contribution is 2.37. The van der Waals surface area contributed by atoms with Crippen molar-refractivity contribution < 1.29 is 9.52 Å². The molecule has 34 heavy (non-hydrogen) atoms. The fourth-order valence-corrected chi connectivity index (χ4v) is 4.54. The first kappa shape index (κ1) is 24.0. The van der Waals surface area contributed by atoms with Crippen molar-refractivity contribution in [3.8, 4) is 17.0 Å². The van der Waals surface area contributed by atoms with Crippen LogP contribution in [0.4, 0.5) is 5.82 Å². The molecule has 1 aromatic carbocycles. The molecule has 180 valence electrons. The van der Waals surface area contributed by atoms with Crippen LogP contribution in [0.25, 0.3) is 33.4 Å². The third-order valence-electron chi connectivity index (χ3n) is 5.95. The number of fused-ring (bicyclic) bond motifs is 2. The number of nitrogens with zero attached hydrogens (tertiary/aromatic N) is 4. The third-order valence-corrected chi connectivity index (χ3v) is 5.95. The Hall–Kier alpha value is -3.19. The summed E-state index contributed by atoms with van der Waals surface area (Å²) in [7, 11) is 0. The van der Waals surface area contributed by atoms with Gasteiger partial charge in [-0.15, -0.1) is 0 Å². The molecule has 3 aromatic heterocycles. The quantitative estimate of drug-likeness (QED) is 0.401. The van der Waals surface area contributed by atoms with Crippen molar-refractivity contribution in [3.63, 3.8) is 0 Å². The number of phenols is 1. The molecule has 0 radical (unpaired) electrons. The normalized spacial score (nSPS) is 16.2.